The van der Waals surface area contributed by atoms with Gasteiger partial charge in [0.15, 0.2) is 0 Å². The summed E-state index contributed by atoms with van der Waals surface area (Å²) in [6.07, 6.45) is 3.63. The smallest absolute Gasteiger partial charge is 0.141 e. The van der Waals surface area contributed by atoms with Gasteiger partial charge in [-0.05, 0) is 32.0 Å². The number of nitrogens with one attached hydrogen (secondary N) is 1. The van der Waals surface area contributed by atoms with Gasteiger partial charge in [0.05, 0.1) is 16.7 Å². The van der Waals surface area contributed by atoms with Gasteiger partial charge < -0.3 is 9.51 Å². The first kappa shape index (κ1) is 11.2. The number of aromatic nitrogens is 4. The van der Waals surface area contributed by atoms with Crippen LogP contribution in [-0.2, 0) is 0 Å². The molecule has 0 aliphatic rings. The Morgan fingerprint density at radius 3 is 2.90 bits per heavy atom. The van der Waals surface area contributed by atoms with Gasteiger partial charge in [-0.25, -0.2) is 4.98 Å². The van der Waals surface area contributed by atoms with E-state index in [-0.39, 0.29) is 0 Å². The molecule has 0 bridgehead atoms. The quantitative estimate of drug-likeness (QED) is 0.572. The molecule has 0 aliphatic carbocycles. The molecule has 0 amide bonds. The highest BCUT2D eigenvalue weighted by Gasteiger charge is 2.14. The van der Waals surface area contributed by atoms with Gasteiger partial charge in [-0.3, -0.25) is 4.98 Å². The van der Waals surface area contributed by atoms with Gasteiger partial charge in [0.25, 0.3) is 0 Å². The molecule has 0 saturated heterocycles. The molecule has 5 nitrogen and oxygen atoms in total. The summed E-state index contributed by atoms with van der Waals surface area (Å²) in [4.78, 5) is 12.2. The molecule has 98 valence electrons. The Morgan fingerprint density at radius 2 is 2.10 bits per heavy atom. The van der Waals surface area contributed by atoms with Crippen molar-refractivity contribution >= 4 is 22.1 Å². The van der Waals surface area contributed by atoms with Crippen molar-refractivity contribution in [3.8, 4) is 11.1 Å². The lowest BCUT2D eigenvalue weighted by Crippen LogP contribution is -1.84. The summed E-state index contributed by atoms with van der Waals surface area (Å²) in [7, 11) is 0. The van der Waals surface area contributed by atoms with Crippen molar-refractivity contribution in [3.05, 3.63) is 42.0 Å². The Hall–Kier alpha value is -2.69. The predicted molar refractivity (Wildman–Crippen MR) is 76.4 cm³/mol. The summed E-state index contributed by atoms with van der Waals surface area (Å²) in [6.45, 7) is 3.84. The zero-order valence-corrected chi connectivity index (χ0v) is 11.1. The standard InChI is InChI=1S/C15H12N4O/c1-8-13(9(2)20-19-8)10-6-12-14(17-7-10)11-4-3-5-16-15(11)18-12/h3-7H,1-2H3,(H,16,18). The van der Waals surface area contributed by atoms with Crippen molar-refractivity contribution in [2.45, 2.75) is 13.8 Å². The molecule has 4 rings (SSSR count). The highest BCUT2D eigenvalue weighted by atomic mass is 16.5. The fraction of sp³-hybridized carbons (Fsp3) is 0.133. The second kappa shape index (κ2) is 3.90. The zero-order valence-electron chi connectivity index (χ0n) is 11.1. The van der Waals surface area contributed by atoms with Gasteiger partial charge in [-0.15, -0.1) is 0 Å². The average molecular weight is 264 g/mol. The maximum Gasteiger partial charge on any atom is 0.141 e. The van der Waals surface area contributed by atoms with Crippen LogP contribution in [0.15, 0.2) is 35.1 Å². The van der Waals surface area contributed by atoms with Crippen LogP contribution in [-0.4, -0.2) is 20.1 Å². The topological polar surface area (TPSA) is 67.6 Å². The third kappa shape index (κ3) is 1.46. The van der Waals surface area contributed by atoms with Gasteiger partial charge in [-0.2, -0.15) is 0 Å². The minimum atomic E-state index is 0.804. The largest absolute Gasteiger partial charge is 0.361 e. The highest BCUT2D eigenvalue weighted by Crippen LogP contribution is 2.30. The fourth-order valence-electron chi connectivity index (χ4n) is 2.63. The maximum absolute atomic E-state index is 5.22. The van der Waals surface area contributed by atoms with Crippen LogP contribution in [0.2, 0.25) is 0 Å². The first-order valence-corrected chi connectivity index (χ1v) is 6.40. The number of pyridine rings is 2. The summed E-state index contributed by atoms with van der Waals surface area (Å²) in [5.41, 5.74) is 5.63. The number of nitrogens with zero attached hydrogens (tertiary/aromatic N) is 3. The number of rotatable bonds is 1. The van der Waals surface area contributed by atoms with Crippen LogP contribution in [0.5, 0.6) is 0 Å². The predicted octanol–water partition coefficient (Wildman–Crippen LogP) is 3.38. The summed E-state index contributed by atoms with van der Waals surface area (Å²) in [5.74, 6) is 0.804. The van der Waals surface area contributed by atoms with E-state index in [2.05, 4.69) is 26.2 Å². The minimum absolute atomic E-state index is 0.804. The lowest BCUT2D eigenvalue weighted by molar-refractivity contribution is 0.393. The summed E-state index contributed by atoms with van der Waals surface area (Å²) >= 11 is 0. The molecule has 4 heterocycles. The SMILES string of the molecule is Cc1noc(C)c1-c1cnc2c(c1)[nH]c1ncccc12. The van der Waals surface area contributed by atoms with E-state index in [1.165, 1.54) is 0 Å². The highest BCUT2D eigenvalue weighted by molar-refractivity contribution is 6.04. The normalized spacial score (nSPS) is 11.5. The lowest BCUT2D eigenvalue weighted by atomic mass is 10.1. The van der Waals surface area contributed by atoms with Crippen molar-refractivity contribution in [2.75, 3.05) is 0 Å². The Kier molecular flexibility index (Phi) is 2.18. The Balaban J connectivity index is 2.02. The van der Waals surface area contributed by atoms with Crippen LogP contribution in [0.1, 0.15) is 11.5 Å². The molecule has 4 aromatic heterocycles. The van der Waals surface area contributed by atoms with E-state index in [0.717, 1.165) is 44.6 Å². The number of fused-ring (bicyclic) bond motifs is 3. The van der Waals surface area contributed by atoms with E-state index in [9.17, 15) is 0 Å². The molecule has 1 N–H and O–H groups in total. The third-order valence-electron chi connectivity index (χ3n) is 3.53. The fourth-order valence-corrected chi connectivity index (χ4v) is 2.63. The van der Waals surface area contributed by atoms with Crippen LogP contribution >= 0.6 is 0 Å². The van der Waals surface area contributed by atoms with E-state index in [1.807, 2.05) is 32.2 Å². The van der Waals surface area contributed by atoms with E-state index >= 15 is 0 Å². The summed E-state index contributed by atoms with van der Waals surface area (Å²) in [6, 6.07) is 6.00. The van der Waals surface area contributed by atoms with E-state index in [1.54, 1.807) is 6.20 Å². The van der Waals surface area contributed by atoms with E-state index < -0.39 is 0 Å². The molecule has 0 unspecified atom stereocenters. The van der Waals surface area contributed by atoms with E-state index in [0.29, 0.717) is 0 Å². The molecule has 5 heteroatoms. The van der Waals surface area contributed by atoms with Crippen molar-refractivity contribution in [2.24, 2.45) is 0 Å². The van der Waals surface area contributed by atoms with Crippen molar-refractivity contribution in [1.82, 2.24) is 20.1 Å². The monoisotopic (exact) mass is 264 g/mol. The van der Waals surface area contributed by atoms with Crippen LogP contribution < -0.4 is 0 Å². The van der Waals surface area contributed by atoms with E-state index in [4.69, 9.17) is 4.52 Å². The number of aryl methyl sites for hydroxylation is 2. The first-order chi connectivity index (χ1) is 9.74. The van der Waals surface area contributed by atoms with Crippen molar-refractivity contribution < 1.29 is 4.52 Å². The van der Waals surface area contributed by atoms with Crippen LogP contribution in [0.4, 0.5) is 0 Å². The second-order valence-electron chi connectivity index (χ2n) is 4.84. The number of hydrogen-bond donors (Lipinski definition) is 1. The Morgan fingerprint density at radius 1 is 1.20 bits per heavy atom. The number of H-pyrrole nitrogens is 1. The minimum Gasteiger partial charge on any atom is -0.361 e. The van der Waals surface area contributed by atoms with Gasteiger partial charge in [0.1, 0.15) is 11.4 Å². The second-order valence-corrected chi connectivity index (χ2v) is 4.84. The van der Waals surface area contributed by atoms with Gasteiger partial charge in [0.2, 0.25) is 0 Å². The molecular weight excluding hydrogens is 252 g/mol. The molecular formula is C15H12N4O. The average Bonchev–Trinajstić information content (AvgIpc) is 2.98. The van der Waals surface area contributed by atoms with Gasteiger partial charge >= 0.3 is 0 Å². The molecule has 20 heavy (non-hydrogen) atoms. The zero-order chi connectivity index (χ0) is 13.7. The maximum atomic E-state index is 5.22. The molecule has 0 saturated carbocycles. The number of hydrogen-bond acceptors (Lipinski definition) is 4. The van der Waals surface area contributed by atoms with Crippen molar-refractivity contribution in [3.63, 3.8) is 0 Å². The van der Waals surface area contributed by atoms with Crippen LogP contribution in [0.3, 0.4) is 0 Å². The van der Waals surface area contributed by atoms with Gasteiger partial charge in [0, 0.05) is 28.9 Å². The molecule has 0 radical (unpaired) electrons. The summed E-state index contributed by atoms with van der Waals surface area (Å²) < 4.78 is 5.22. The molecule has 0 spiro atoms. The molecule has 0 aliphatic heterocycles. The lowest BCUT2D eigenvalue weighted by Gasteiger charge is -1.99. The first-order valence-electron chi connectivity index (χ1n) is 6.40. The molecule has 0 aromatic carbocycles. The molecule has 4 aromatic rings. The van der Waals surface area contributed by atoms with Crippen LogP contribution in [0.25, 0.3) is 33.2 Å². The van der Waals surface area contributed by atoms with Gasteiger partial charge in [-0.1, -0.05) is 5.16 Å². The molecule has 0 fully saturated rings. The summed E-state index contributed by atoms with van der Waals surface area (Å²) in [5, 5.41) is 5.03. The Bertz CT molecular complexity index is 916. The third-order valence-corrected chi connectivity index (χ3v) is 3.53. The number of aromatic amines is 1. The Labute approximate surface area is 114 Å². The van der Waals surface area contributed by atoms with Crippen LogP contribution in [0, 0.1) is 13.8 Å². The van der Waals surface area contributed by atoms with Crippen molar-refractivity contribution in [1.29, 1.82) is 0 Å². The molecule has 0 atom stereocenters.